The van der Waals surface area contributed by atoms with Crippen LogP contribution in [0.25, 0.3) is 0 Å². The summed E-state index contributed by atoms with van der Waals surface area (Å²) in [7, 11) is 0. The Morgan fingerprint density at radius 1 is 1.06 bits per heavy atom. The number of benzene rings is 1. The number of hydrogen-bond donors (Lipinski definition) is 0. The number of carbonyl (C=O) groups is 1. The van der Waals surface area contributed by atoms with E-state index in [1.54, 1.807) is 12.3 Å². The minimum absolute atomic E-state index is 0.00815. The van der Waals surface area contributed by atoms with Gasteiger partial charge in [0.2, 0.25) is 5.78 Å². The van der Waals surface area contributed by atoms with Crippen molar-refractivity contribution in [2.24, 2.45) is 0 Å². The number of aryl methyl sites for hydroxylation is 2. The Bertz CT molecular complexity index is 556. The number of carbonyl (C=O) groups excluding carboxylic acids is 1. The lowest BCUT2D eigenvalue weighted by molar-refractivity contribution is 0.103. The highest BCUT2D eigenvalue weighted by Gasteiger charge is 2.13. The maximum Gasteiger partial charge on any atom is 0.211 e. The van der Waals surface area contributed by atoms with E-state index in [0.717, 1.165) is 22.3 Å². The normalized spacial score (nSPS) is 10.3. The summed E-state index contributed by atoms with van der Waals surface area (Å²) in [5.41, 5.74) is 4.45. The molecule has 2 rings (SSSR count). The standard InChI is InChI=1S/C15H15NO/c1-10-7-8-14(16-9-10)15(17)13-6-4-5-11(2)12(13)3/h4-9H,1-3H3. The van der Waals surface area contributed by atoms with Gasteiger partial charge in [0.15, 0.2) is 0 Å². The molecule has 1 aromatic carbocycles. The topological polar surface area (TPSA) is 30.0 Å². The van der Waals surface area contributed by atoms with Crippen LogP contribution in [0.5, 0.6) is 0 Å². The fourth-order valence-electron chi connectivity index (χ4n) is 1.74. The van der Waals surface area contributed by atoms with Gasteiger partial charge in [0, 0.05) is 11.8 Å². The first-order valence-corrected chi connectivity index (χ1v) is 5.63. The predicted molar refractivity (Wildman–Crippen MR) is 68.3 cm³/mol. The maximum absolute atomic E-state index is 12.3. The lowest BCUT2D eigenvalue weighted by Gasteiger charge is -2.07. The van der Waals surface area contributed by atoms with E-state index in [0.29, 0.717) is 5.69 Å². The average molecular weight is 225 g/mol. The third-order valence-electron chi connectivity index (χ3n) is 2.99. The molecule has 17 heavy (non-hydrogen) atoms. The van der Waals surface area contributed by atoms with E-state index in [9.17, 15) is 4.79 Å². The Morgan fingerprint density at radius 2 is 1.82 bits per heavy atom. The van der Waals surface area contributed by atoms with Crippen molar-refractivity contribution in [2.75, 3.05) is 0 Å². The first-order chi connectivity index (χ1) is 8.09. The third kappa shape index (κ3) is 2.26. The van der Waals surface area contributed by atoms with E-state index in [2.05, 4.69) is 4.98 Å². The lowest BCUT2D eigenvalue weighted by atomic mass is 9.98. The zero-order valence-corrected chi connectivity index (χ0v) is 10.3. The molecule has 86 valence electrons. The molecule has 0 atom stereocenters. The minimum atomic E-state index is -0.00815. The van der Waals surface area contributed by atoms with Crippen molar-refractivity contribution in [1.29, 1.82) is 0 Å². The molecule has 0 unspecified atom stereocenters. The van der Waals surface area contributed by atoms with Crippen molar-refractivity contribution in [3.8, 4) is 0 Å². The van der Waals surface area contributed by atoms with E-state index in [1.165, 1.54) is 0 Å². The first kappa shape index (κ1) is 11.5. The van der Waals surface area contributed by atoms with Crippen molar-refractivity contribution < 1.29 is 4.79 Å². The number of hydrogen-bond acceptors (Lipinski definition) is 2. The van der Waals surface area contributed by atoms with Gasteiger partial charge in [-0.1, -0.05) is 24.3 Å². The van der Waals surface area contributed by atoms with Gasteiger partial charge >= 0.3 is 0 Å². The van der Waals surface area contributed by atoms with Crippen molar-refractivity contribution in [3.05, 3.63) is 64.5 Å². The van der Waals surface area contributed by atoms with Gasteiger partial charge in [0.05, 0.1) is 0 Å². The quantitative estimate of drug-likeness (QED) is 0.734. The molecule has 0 spiro atoms. The van der Waals surface area contributed by atoms with Crippen LogP contribution in [0, 0.1) is 20.8 Å². The Balaban J connectivity index is 2.44. The molecule has 0 radical (unpaired) electrons. The summed E-state index contributed by atoms with van der Waals surface area (Å²) < 4.78 is 0. The van der Waals surface area contributed by atoms with Crippen molar-refractivity contribution in [2.45, 2.75) is 20.8 Å². The molecular weight excluding hydrogens is 210 g/mol. The average Bonchev–Trinajstić information content (AvgIpc) is 2.33. The minimum Gasteiger partial charge on any atom is -0.287 e. The fourth-order valence-corrected chi connectivity index (χ4v) is 1.74. The SMILES string of the molecule is Cc1ccc(C(=O)c2cccc(C)c2C)nc1. The summed E-state index contributed by atoms with van der Waals surface area (Å²) in [5, 5.41) is 0. The molecule has 0 amide bonds. The monoisotopic (exact) mass is 225 g/mol. The molecule has 0 aliphatic carbocycles. The van der Waals surface area contributed by atoms with Crippen LogP contribution in [0.3, 0.4) is 0 Å². The zero-order chi connectivity index (χ0) is 12.4. The van der Waals surface area contributed by atoms with Gasteiger partial charge in [-0.2, -0.15) is 0 Å². The molecule has 2 heteroatoms. The van der Waals surface area contributed by atoms with Crippen LogP contribution >= 0.6 is 0 Å². The largest absolute Gasteiger partial charge is 0.287 e. The van der Waals surface area contributed by atoms with Crippen LogP contribution in [0.4, 0.5) is 0 Å². The second-order valence-electron chi connectivity index (χ2n) is 4.30. The Labute approximate surface area is 101 Å². The van der Waals surface area contributed by atoms with Gasteiger partial charge in [0.25, 0.3) is 0 Å². The maximum atomic E-state index is 12.3. The van der Waals surface area contributed by atoms with E-state index in [4.69, 9.17) is 0 Å². The van der Waals surface area contributed by atoms with E-state index in [-0.39, 0.29) is 5.78 Å². The van der Waals surface area contributed by atoms with E-state index < -0.39 is 0 Å². The van der Waals surface area contributed by atoms with E-state index in [1.807, 2.05) is 45.0 Å². The summed E-state index contributed by atoms with van der Waals surface area (Å²) in [6, 6.07) is 9.45. The van der Waals surface area contributed by atoms with Crippen LogP contribution in [-0.2, 0) is 0 Å². The summed E-state index contributed by atoms with van der Waals surface area (Å²) in [6.07, 6.45) is 1.72. The van der Waals surface area contributed by atoms with Gasteiger partial charge < -0.3 is 0 Å². The second-order valence-corrected chi connectivity index (χ2v) is 4.30. The van der Waals surface area contributed by atoms with Gasteiger partial charge in [-0.15, -0.1) is 0 Å². The highest BCUT2D eigenvalue weighted by atomic mass is 16.1. The van der Waals surface area contributed by atoms with Crippen LogP contribution in [0.15, 0.2) is 36.5 Å². The predicted octanol–water partition coefficient (Wildman–Crippen LogP) is 3.24. The number of pyridine rings is 1. The molecule has 0 saturated heterocycles. The van der Waals surface area contributed by atoms with Gasteiger partial charge in [-0.25, -0.2) is 0 Å². The number of nitrogens with zero attached hydrogens (tertiary/aromatic N) is 1. The summed E-state index contributed by atoms with van der Waals surface area (Å²) in [6.45, 7) is 5.94. The van der Waals surface area contributed by atoms with Gasteiger partial charge in [-0.05, 0) is 43.5 Å². The van der Waals surface area contributed by atoms with Crippen molar-refractivity contribution in [3.63, 3.8) is 0 Å². The highest BCUT2D eigenvalue weighted by Crippen LogP contribution is 2.16. The number of rotatable bonds is 2. The molecule has 0 saturated carbocycles. The summed E-state index contributed by atoms with van der Waals surface area (Å²) >= 11 is 0. The van der Waals surface area contributed by atoms with E-state index >= 15 is 0 Å². The molecule has 2 nitrogen and oxygen atoms in total. The smallest absolute Gasteiger partial charge is 0.211 e. The molecule has 0 N–H and O–H groups in total. The molecule has 2 aromatic rings. The second kappa shape index (κ2) is 4.50. The zero-order valence-electron chi connectivity index (χ0n) is 10.3. The molecular formula is C15H15NO. The molecule has 0 aliphatic rings. The van der Waals surface area contributed by atoms with Gasteiger partial charge in [-0.3, -0.25) is 9.78 Å². The van der Waals surface area contributed by atoms with Crippen LogP contribution in [-0.4, -0.2) is 10.8 Å². The third-order valence-corrected chi connectivity index (χ3v) is 2.99. The Hall–Kier alpha value is -1.96. The Kier molecular flexibility index (Phi) is 3.05. The number of aromatic nitrogens is 1. The van der Waals surface area contributed by atoms with Crippen LogP contribution in [0.2, 0.25) is 0 Å². The molecule has 0 fully saturated rings. The van der Waals surface area contributed by atoms with Crippen LogP contribution in [0.1, 0.15) is 32.7 Å². The van der Waals surface area contributed by atoms with Crippen LogP contribution < -0.4 is 0 Å². The highest BCUT2D eigenvalue weighted by molar-refractivity contribution is 6.08. The first-order valence-electron chi connectivity index (χ1n) is 5.63. The lowest BCUT2D eigenvalue weighted by Crippen LogP contribution is -2.06. The Morgan fingerprint density at radius 3 is 2.47 bits per heavy atom. The van der Waals surface area contributed by atoms with Crippen molar-refractivity contribution >= 4 is 5.78 Å². The van der Waals surface area contributed by atoms with Gasteiger partial charge in [0.1, 0.15) is 5.69 Å². The molecule has 1 aromatic heterocycles. The molecule has 0 bridgehead atoms. The fraction of sp³-hybridized carbons (Fsp3) is 0.200. The molecule has 1 heterocycles. The number of ketones is 1. The van der Waals surface area contributed by atoms with Crippen molar-refractivity contribution in [1.82, 2.24) is 4.98 Å². The summed E-state index contributed by atoms with van der Waals surface area (Å²) in [5.74, 6) is -0.00815. The summed E-state index contributed by atoms with van der Waals surface area (Å²) in [4.78, 5) is 16.4. The molecule has 0 aliphatic heterocycles.